The van der Waals surface area contributed by atoms with Crippen molar-refractivity contribution < 1.29 is 19.1 Å². The highest BCUT2D eigenvalue weighted by atomic mass is 16.6. The second kappa shape index (κ2) is 6.22. The quantitative estimate of drug-likeness (QED) is 0.779. The van der Waals surface area contributed by atoms with Crippen molar-refractivity contribution in [2.75, 3.05) is 13.3 Å². The molecule has 0 spiro atoms. The van der Waals surface area contributed by atoms with E-state index in [1.54, 1.807) is 6.92 Å². The molecule has 0 aromatic heterocycles. The Kier molecular flexibility index (Phi) is 4.39. The molecule has 5 nitrogen and oxygen atoms in total. The fraction of sp³-hybridized carbons (Fsp3) is 0.429. The first-order chi connectivity index (χ1) is 9.22. The fourth-order valence-electron chi connectivity index (χ4n) is 2.05. The van der Waals surface area contributed by atoms with E-state index in [0.29, 0.717) is 6.42 Å². The minimum absolute atomic E-state index is 0.0167. The zero-order valence-corrected chi connectivity index (χ0v) is 10.9. The lowest BCUT2D eigenvalue weighted by Crippen LogP contribution is -2.38. The molecule has 2 rings (SSSR count). The van der Waals surface area contributed by atoms with Crippen LogP contribution in [0.15, 0.2) is 30.3 Å². The zero-order valence-electron chi connectivity index (χ0n) is 10.9. The van der Waals surface area contributed by atoms with Gasteiger partial charge in [-0.15, -0.1) is 0 Å². The van der Waals surface area contributed by atoms with E-state index in [4.69, 9.17) is 9.47 Å². The Bertz CT molecular complexity index is 446. The zero-order chi connectivity index (χ0) is 13.7. The van der Waals surface area contributed by atoms with Crippen molar-refractivity contribution >= 4 is 12.1 Å². The van der Waals surface area contributed by atoms with Crippen LogP contribution in [0, 0.1) is 0 Å². The van der Waals surface area contributed by atoms with Gasteiger partial charge >= 0.3 is 12.1 Å². The highest BCUT2D eigenvalue weighted by Crippen LogP contribution is 2.18. The number of aryl methyl sites for hydroxylation is 1. The summed E-state index contributed by atoms with van der Waals surface area (Å²) in [5.41, 5.74) is 1.13. The molecule has 1 aromatic rings. The van der Waals surface area contributed by atoms with Crippen LogP contribution in [-0.4, -0.2) is 36.3 Å². The third kappa shape index (κ3) is 3.24. The summed E-state index contributed by atoms with van der Waals surface area (Å²) < 4.78 is 9.83. The normalized spacial score (nSPS) is 18.3. The molecule has 0 bridgehead atoms. The number of ether oxygens (including phenoxy) is 2. The number of cyclic esters (lactones) is 1. The van der Waals surface area contributed by atoms with Crippen LogP contribution in [0.5, 0.6) is 0 Å². The van der Waals surface area contributed by atoms with Gasteiger partial charge in [-0.1, -0.05) is 30.3 Å². The van der Waals surface area contributed by atoms with Gasteiger partial charge in [0.1, 0.15) is 6.04 Å². The van der Waals surface area contributed by atoms with Crippen LogP contribution in [0.1, 0.15) is 18.9 Å². The van der Waals surface area contributed by atoms with E-state index in [1.807, 2.05) is 30.3 Å². The summed E-state index contributed by atoms with van der Waals surface area (Å²) in [6.07, 6.45) is 0.768. The summed E-state index contributed by atoms with van der Waals surface area (Å²) in [6.45, 7) is 2.00. The first-order valence-electron chi connectivity index (χ1n) is 6.36. The third-order valence-corrected chi connectivity index (χ3v) is 3.05. The Balaban J connectivity index is 1.96. The SMILES string of the molecule is CCOC(=O)N1COC(=O)[C@@H]1CCc1ccccc1. The van der Waals surface area contributed by atoms with E-state index in [2.05, 4.69) is 0 Å². The van der Waals surface area contributed by atoms with E-state index in [-0.39, 0.29) is 19.3 Å². The molecule has 1 saturated heterocycles. The van der Waals surface area contributed by atoms with Gasteiger partial charge in [0, 0.05) is 0 Å². The van der Waals surface area contributed by atoms with Crippen molar-refractivity contribution in [2.24, 2.45) is 0 Å². The molecule has 0 radical (unpaired) electrons. The van der Waals surface area contributed by atoms with Gasteiger partial charge < -0.3 is 9.47 Å². The number of esters is 1. The Labute approximate surface area is 112 Å². The summed E-state index contributed by atoms with van der Waals surface area (Å²) in [6, 6.07) is 9.29. The van der Waals surface area contributed by atoms with Gasteiger partial charge in [0.15, 0.2) is 6.73 Å². The van der Waals surface area contributed by atoms with Gasteiger partial charge in [0.05, 0.1) is 6.61 Å². The Morgan fingerprint density at radius 3 is 2.84 bits per heavy atom. The number of carbonyl (C=O) groups excluding carboxylic acids is 2. The molecule has 0 unspecified atom stereocenters. The molecule has 1 aliphatic heterocycles. The fourth-order valence-corrected chi connectivity index (χ4v) is 2.05. The van der Waals surface area contributed by atoms with Gasteiger partial charge in [-0.25, -0.2) is 9.59 Å². The highest BCUT2D eigenvalue weighted by molar-refractivity contribution is 5.83. The maximum absolute atomic E-state index is 11.7. The highest BCUT2D eigenvalue weighted by Gasteiger charge is 2.38. The molecule has 1 amide bonds. The topological polar surface area (TPSA) is 55.8 Å². The van der Waals surface area contributed by atoms with E-state index in [0.717, 1.165) is 12.0 Å². The number of hydrogen-bond donors (Lipinski definition) is 0. The van der Waals surface area contributed by atoms with Crippen LogP contribution in [0.3, 0.4) is 0 Å². The maximum Gasteiger partial charge on any atom is 0.413 e. The molecular weight excluding hydrogens is 246 g/mol. The molecule has 0 saturated carbocycles. The van der Waals surface area contributed by atoms with Crippen molar-refractivity contribution in [1.82, 2.24) is 4.90 Å². The number of benzene rings is 1. The standard InChI is InChI=1S/C14H17NO4/c1-2-18-14(17)15-10-19-13(16)12(15)9-8-11-6-4-3-5-7-11/h3-7,12H,2,8-10H2,1H3/t12-/m0/s1. The van der Waals surface area contributed by atoms with Crippen LogP contribution in [0.25, 0.3) is 0 Å². The van der Waals surface area contributed by atoms with Gasteiger partial charge in [0.25, 0.3) is 0 Å². The van der Waals surface area contributed by atoms with Crippen molar-refractivity contribution in [2.45, 2.75) is 25.8 Å². The van der Waals surface area contributed by atoms with Crippen LogP contribution in [0.4, 0.5) is 4.79 Å². The largest absolute Gasteiger partial charge is 0.450 e. The predicted molar refractivity (Wildman–Crippen MR) is 68.4 cm³/mol. The number of carbonyl (C=O) groups is 2. The second-order valence-electron chi connectivity index (χ2n) is 4.30. The van der Waals surface area contributed by atoms with Crippen LogP contribution in [-0.2, 0) is 20.7 Å². The third-order valence-electron chi connectivity index (χ3n) is 3.05. The molecule has 0 N–H and O–H groups in total. The second-order valence-corrected chi connectivity index (χ2v) is 4.30. The molecule has 1 aliphatic rings. The van der Waals surface area contributed by atoms with Crippen molar-refractivity contribution in [3.8, 4) is 0 Å². The number of rotatable bonds is 4. The number of amides is 1. The average Bonchev–Trinajstić information content (AvgIpc) is 2.79. The summed E-state index contributed by atoms with van der Waals surface area (Å²) in [5, 5.41) is 0. The van der Waals surface area contributed by atoms with Gasteiger partial charge in [0.2, 0.25) is 0 Å². The molecule has 19 heavy (non-hydrogen) atoms. The number of hydrogen-bond acceptors (Lipinski definition) is 4. The van der Waals surface area contributed by atoms with Gasteiger partial charge in [-0.3, -0.25) is 4.90 Å². The predicted octanol–water partition coefficient (Wildman–Crippen LogP) is 1.96. The lowest BCUT2D eigenvalue weighted by atomic mass is 10.1. The molecule has 5 heteroatoms. The first kappa shape index (κ1) is 13.4. The van der Waals surface area contributed by atoms with Gasteiger partial charge in [-0.05, 0) is 25.3 Å². The summed E-state index contributed by atoms with van der Waals surface area (Å²) in [5.74, 6) is -0.357. The summed E-state index contributed by atoms with van der Waals surface area (Å²) in [7, 11) is 0. The molecule has 0 aliphatic carbocycles. The van der Waals surface area contributed by atoms with Crippen LogP contribution < -0.4 is 0 Å². The Morgan fingerprint density at radius 2 is 2.16 bits per heavy atom. The van der Waals surface area contributed by atoms with E-state index in [1.165, 1.54) is 4.90 Å². The lowest BCUT2D eigenvalue weighted by Gasteiger charge is -2.19. The van der Waals surface area contributed by atoms with Gasteiger partial charge in [-0.2, -0.15) is 0 Å². The number of nitrogens with zero attached hydrogens (tertiary/aromatic N) is 1. The average molecular weight is 263 g/mol. The summed E-state index contributed by atoms with van der Waals surface area (Å²) >= 11 is 0. The van der Waals surface area contributed by atoms with E-state index >= 15 is 0 Å². The summed E-state index contributed by atoms with van der Waals surface area (Å²) in [4.78, 5) is 24.7. The molecule has 1 atom stereocenters. The first-order valence-corrected chi connectivity index (χ1v) is 6.36. The molecular formula is C14H17NO4. The molecule has 1 heterocycles. The Hall–Kier alpha value is -2.04. The smallest absolute Gasteiger partial charge is 0.413 e. The maximum atomic E-state index is 11.7. The van der Waals surface area contributed by atoms with E-state index < -0.39 is 12.1 Å². The molecule has 1 fully saturated rings. The minimum Gasteiger partial charge on any atom is -0.450 e. The van der Waals surface area contributed by atoms with Crippen molar-refractivity contribution in [3.05, 3.63) is 35.9 Å². The Morgan fingerprint density at radius 1 is 1.42 bits per heavy atom. The lowest BCUT2D eigenvalue weighted by molar-refractivity contribution is -0.139. The monoisotopic (exact) mass is 263 g/mol. The van der Waals surface area contributed by atoms with Crippen LogP contribution in [0.2, 0.25) is 0 Å². The van der Waals surface area contributed by atoms with E-state index in [9.17, 15) is 9.59 Å². The molecule has 102 valence electrons. The van der Waals surface area contributed by atoms with Crippen molar-refractivity contribution in [1.29, 1.82) is 0 Å². The molecule has 1 aromatic carbocycles. The van der Waals surface area contributed by atoms with Crippen LogP contribution >= 0.6 is 0 Å². The minimum atomic E-state index is -0.542. The van der Waals surface area contributed by atoms with Crippen molar-refractivity contribution in [3.63, 3.8) is 0 Å².